The number of carbonyl (C=O) groups is 1. The molecular weight excluding hydrogens is 194 g/mol. The maximum absolute atomic E-state index is 10.2. The first kappa shape index (κ1) is 10.9. The lowest BCUT2D eigenvalue weighted by atomic mass is 10.5. The van der Waals surface area contributed by atoms with E-state index in [1.807, 2.05) is 0 Å². The number of hydrogen-bond donors (Lipinski definition) is 1. The zero-order chi connectivity index (χ0) is 9.40. The highest BCUT2D eigenvalue weighted by Gasteiger charge is 2.13. The molecule has 0 spiro atoms. The Balaban J connectivity index is 0.000000217. The average molecular weight is 199 g/mol. The smallest absolute Gasteiger partial charge is 0.235 e. The van der Waals surface area contributed by atoms with Crippen molar-refractivity contribution in [3.63, 3.8) is 0 Å². The maximum atomic E-state index is 10.2. The third-order valence-electron chi connectivity index (χ3n) is 0.734. The van der Waals surface area contributed by atoms with Gasteiger partial charge in [0.15, 0.2) is 0 Å². The van der Waals surface area contributed by atoms with E-state index in [0.29, 0.717) is 10.1 Å². The molecule has 0 radical (unpaired) electrons. The van der Waals surface area contributed by atoms with Gasteiger partial charge < -0.3 is 5.32 Å². The Morgan fingerprint density at radius 3 is 2.25 bits per heavy atom. The molecule has 0 unspecified atom stereocenters. The lowest BCUT2D eigenvalue weighted by Crippen LogP contribution is -2.18. The van der Waals surface area contributed by atoms with Crippen LogP contribution in [-0.4, -0.2) is 16.0 Å². The van der Waals surface area contributed by atoms with Crippen LogP contribution in [-0.2, 0) is 4.79 Å². The van der Waals surface area contributed by atoms with Gasteiger partial charge in [-0.25, -0.2) is 0 Å². The first-order valence-corrected chi connectivity index (χ1v) is 4.30. The molecular formula is C6H5N3OS2. The number of nitrogens with zero attached hydrogens (tertiary/aromatic N) is 2. The Morgan fingerprint density at radius 2 is 2.17 bits per heavy atom. The molecule has 62 valence electrons. The summed E-state index contributed by atoms with van der Waals surface area (Å²) in [5, 5.41) is 17.7. The van der Waals surface area contributed by atoms with E-state index in [2.05, 4.69) is 17.5 Å². The summed E-state index contributed by atoms with van der Waals surface area (Å²) in [5.41, 5.74) is 0. The molecule has 4 nitrogen and oxygen atoms in total. The second-order valence-electron chi connectivity index (χ2n) is 1.62. The van der Waals surface area contributed by atoms with Crippen LogP contribution in [0.25, 0.3) is 0 Å². The fourth-order valence-corrected chi connectivity index (χ4v) is 1.16. The number of thiocarbonyl (C=S) groups is 1. The van der Waals surface area contributed by atoms with Crippen molar-refractivity contribution in [2.24, 2.45) is 0 Å². The van der Waals surface area contributed by atoms with Gasteiger partial charge in [0.05, 0.1) is 17.9 Å². The second kappa shape index (κ2) is 6.59. The fourth-order valence-electron chi connectivity index (χ4n) is 0.352. The quantitative estimate of drug-likeness (QED) is 0.577. The van der Waals surface area contributed by atoms with Gasteiger partial charge in [0.25, 0.3) is 0 Å². The summed E-state index contributed by atoms with van der Waals surface area (Å²) >= 11 is 6.00. The predicted octanol–water partition coefficient (Wildman–Crippen LogP) is 0.558. The predicted molar refractivity (Wildman–Crippen MR) is 49.0 cm³/mol. The topological polar surface area (TPSA) is 76.7 Å². The van der Waals surface area contributed by atoms with Gasteiger partial charge in [0.2, 0.25) is 5.91 Å². The van der Waals surface area contributed by atoms with Crippen LogP contribution in [0.2, 0.25) is 0 Å². The van der Waals surface area contributed by atoms with Gasteiger partial charge in [0.1, 0.15) is 10.7 Å². The highest BCUT2D eigenvalue weighted by atomic mass is 32.2. The average Bonchev–Trinajstić information content (AvgIpc) is 2.38. The number of rotatable bonds is 0. The summed E-state index contributed by atoms with van der Waals surface area (Å²) in [7, 11) is 0. The first-order valence-electron chi connectivity index (χ1n) is 2.91. The number of nitrogens with one attached hydrogen (secondary N) is 1. The Morgan fingerprint density at radius 1 is 1.58 bits per heavy atom. The third-order valence-corrected chi connectivity index (χ3v) is 1.96. The highest BCUT2D eigenvalue weighted by Crippen LogP contribution is 2.06. The highest BCUT2D eigenvalue weighted by molar-refractivity contribution is 8.24. The summed E-state index contributed by atoms with van der Waals surface area (Å²) in [5.74, 6) is 0.522. The molecule has 1 saturated heterocycles. The van der Waals surface area contributed by atoms with E-state index in [4.69, 9.17) is 10.5 Å². The van der Waals surface area contributed by atoms with Crippen LogP contribution in [0.4, 0.5) is 0 Å². The molecule has 1 amide bonds. The number of nitriles is 2. The van der Waals surface area contributed by atoms with Crippen molar-refractivity contribution in [2.45, 2.75) is 6.42 Å². The molecule has 0 aliphatic carbocycles. The second-order valence-corrected chi connectivity index (χ2v) is 3.27. The zero-order valence-corrected chi connectivity index (χ0v) is 7.67. The Bertz CT molecular complexity index is 237. The molecule has 1 fully saturated rings. The standard InChI is InChI=1S/C3H2N2.C3H3NOS2/c4-2-1-3-5;5-2-1-7-3(6)4-2/h1H2;1H2,(H,4,5,6). The van der Waals surface area contributed by atoms with E-state index in [9.17, 15) is 4.79 Å². The molecule has 0 bridgehead atoms. The van der Waals surface area contributed by atoms with E-state index in [1.165, 1.54) is 11.8 Å². The van der Waals surface area contributed by atoms with Gasteiger partial charge in [0, 0.05) is 0 Å². The molecule has 0 aromatic heterocycles. The van der Waals surface area contributed by atoms with E-state index in [-0.39, 0.29) is 12.3 Å². The van der Waals surface area contributed by atoms with Gasteiger partial charge in [-0.3, -0.25) is 4.79 Å². The molecule has 0 aromatic carbocycles. The normalized spacial score (nSPS) is 13.5. The van der Waals surface area contributed by atoms with E-state index in [0.717, 1.165) is 0 Å². The van der Waals surface area contributed by atoms with Crippen molar-refractivity contribution in [1.82, 2.24) is 5.32 Å². The van der Waals surface area contributed by atoms with Crippen molar-refractivity contribution in [2.75, 3.05) is 5.75 Å². The van der Waals surface area contributed by atoms with Crippen LogP contribution in [0.15, 0.2) is 0 Å². The van der Waals surface area contributed by atoms with Crippen molar-refractivity contribution in [3.8, 4) is 12.1 Å². The van der Waals surface area contributed by atoms with Crippen LogP contribution in [0.3, 0.4) is 0 Å². The molecule has 1 aliphatic heterocycles. The monoisotopic (exact) mass is 199 g/mol. The Labute approximate surface area is 79.5 Å². The number of amides is 1. The first-order chi connectivity index (χ1) is 5.70. The molecule has 1 rings (SSSR count). The third kappa shape index (κ3) is 5.66. The SMILES string of the molecule is N#CCC#N.O=C1CSC(=S)N1. The summed E-state index contributed by atoms with van der Waals surface area (Å²) in [6.45, 7) is 0. The van der Waals surface area contributed by atoms with Crippen molar-refractivity contribution < 1.29 is 4.79 Å². The van der Waals surface area contributed by atoms with Crippen LogP contribution in [0, 0.1) is 22.7 Å². The van der Waals surface area contributed by atoms with Gasteiger partial charge in [-0.15, -0.1) is 0 Å². The largest absolute Gasteiger partial charge is 0.311 e. The summed E-state index contributed by atoms with van der Waals surface area (Å²) in [6, 6.07) is 3.31. The molecule has 1 N–H and O–H groups in total. The minimum absolute atomic E-state index is 0. The van der Waals surface area contributed by atoms with Crippen molar-refractivity contribution in [3.05, 3.63) is 0 Å². The lowest BCUT2D eigenvalue weighted by Gasteiger charge is -1.81. The zero-order valence-electron chi connectivity index (χ0n) is 6.03. The molecule has 12 heavy (non-hydrogen) atoms. The lowest BCUT2D eigenvalue weighted by molar-refractivity contribution is -0.116. The minimum Gasteiger partial charge on any atom is -0.311 e. The Hall–Kier alpha value is -1.11. The van der Waals surface area contributed by atoms with Crippen LogP contribution in [0.1, 0.15) is 6.42 Å². The maximum Gasteiger partial charge on any atom is 0.235 e. The van der Waals surface area contributed by atoms with Crippen LogP contribution < -0.4 is 5.32 Å². The fraction of sp³-hybridized carbons (Fsp3) is 0.333. The number of thioether (sulfide) groups is 1. The summed E-state index contributed by atoms with van der Waals surface area (Å²) in [6.07, 6.45) is 0. The molecule has 1 aliphatic rings. The Kier molecular flexibility index (Phi) is 5.98. The van der Waals surface area contributed by atoms with E-state index in [1.54, 1.807) is 12.1 Å². The van der Waals surface area contributed by atoms with Gasteiger partial charge in [-0.2, -0.15) is 10.5 Å². The van der Waals surface area contributed by atoms with Crippen molar-refractivity contribution >= 4 is 34.2 Å². The van der Waals surface area contributed by atoms with Gasteiger partial charge in [-0.1, -0.05) is 24.0 Å². The van der Waals surface area contributed by atoms with Crippen LogP contribution >= 0.6 is 24.0 Å². The molecule has 0 saturated carbocycles. The van der Waals surface area contributed by atoms with Crippen LogP contribution in [0.5, 0.6) is 0 Å². The molecule has 0 aromatic rings. The van der Waals surface area contributed by atoms with E-state index >= 15 is 0 Å². The van der Waals surface area contributed by atoms with Gasteiger partial charge >= 0.3 is 0 Å². The van der Waals surface area contributed by atoms with Crippen molar-refractivity contribution in [1.29, 1.82) is 10.5 Å². The molecule has 1 heterocycles. The van der Waals surface area contributed by atoms with Gasteiger partial charge in [-0.05, 0) is 0 Å². The summed E-state index contributed by atoms with van der Waals surface area (Å²) in [4.78, 5) is 10.2. The summed E-state index contributed by atoms with van der Waals surface area (Å²) < 4.78 is 0.602. The minimum atomic E-state index is 0. The molecule has 6 heteroatoms. The van der Waals surface area contributed by atoms with E-state index < -0.39 is 0 Å². The number of hydrogen-bond acceptors (Lipinski definition) is 5. The molecule has 0 atom stereocenters. The number of carbonyl (C=O) groups excluding carboxylic acids is 1.